The molecule has 3 rings (SSSR count). The Kier molecular flexibility index (Phi) is 4.51. The van der Waals surface area contributed by atoms with E-state index in [2.05, 4.69) is 4.98 Å². The highest BCUT2D eigenvalue weighted by Gasteiger charge is 2.31. The fourth-order valence-electron chi connectivity index (χ4n) is 2.18. The molecule has 1 aromatic heterocycles. The number of H-pyrrole nitrogens is 1. The molecule has 1 aliphatic rings. The SMILES string of the molecule is O=C1O/C(=C/Cn2ccc(=O)[nH]c2=O)C(OCc2ccccc2)=C1O. The number of aliphatic hydroxyl groups excluding tert-OH is 1. The van der Waals surface area contributed by atoms with Gasteiger partial charge in [-0.2, -0.15) is 0 Å². The van der Waals surface area contributed by atoms with Crippen LogP contribution in [0.5, 0.6) is 0 Å². The number of hydrogen-bond donors (Lipinski definition) is 2. The minimum absolute atomic E-state index is 0.0107. The lowest BCUT2D eigenvalue weighted by Gasteiger charge is -2.08. The Labute approximate surface area is 141 Å². The summed E-state index contributed by atoms with van der Waals surface area (Å²) in [7, 11) is 0. The van der Waals surface area contributed by atoms with Crippen LogP contribution in [0, 0.1) is 0 Å². The maximum Gasteiger partial charge on any atom is 0.383 e. The topological polar surface area (TPSA) is 111 Å². The first kappa shape index (κ1) is 16.3. The van der Waals surface area contributed by atoms with Crippen LogP contribution in [0.4, 0.5) is 0 Å². The second-order valence-electron chi connectivity index (χ2n) is 5.17. The average molecular weight is 342 g/mol. The number of nitrogens with zero attached hydrogens (tertiary/aromatic N) is 1. The Morgan fingerprint density at radius 3 is 2.64 bits per heavy atom. The van der Waals surface area contributed by atoms with Gasteiger partial charge in [0.25, 0.3) is 5.56 Å². The number of esters is 1. The van der Waals surface area contributed by atoms with E-state index in [0.29, 0.717) is 0 Å². The van der Waals surface area contributed by atoms with Crippen molar-refractivity contribution in [1.82, 2.24) is 9.55 Å². The van der Waals surface area contributed by atoms with Gasteiger partial charge in [-0.25, -0.2) is 9.59 Å². The van der Waals surface area contributed by atoms with Crippen LogP contribution in [0.3, 0.4) is 0 Å². The van der Waals surface area contributed by atoms with E-state index in [1.165, 1.54) is 22.9 Å². The van der Waals surface area contributed by atoms with Crippen LogP contribution in [0.15, 0.2) is 75.5 Å². The molecule has 0 radical (unpaired) electrons. The molecule has 0 saturated heterocycles. The van der Waals surface area contributed by atoms with Crippen LogP contribution in [0.2, 0.25) is 0 Å². The molecule has 1 aliphatic heterocycles. The molecular formula is C17H14N2O6. The number of carbonyl (C=O) groups excluding carboxylic acids is 1. The van der Waals surface area contributed by atoms with E-state index in [0.717, 1.165) is 5.56 Å². The number of ether oxygens (including phenoxy) is 2. The molecule has 0 atom stereocenters. The lowest BCUT2D eigenvalue weighted by atomic mass is 10.2. The molecule has 0 bridgehead atoms. The summed E-state index contributed by atoms with van der Waals surface area (Å²) in [5.41, 5.74) is -0.266. The summed E-state index contributed by atoms with van der Waals surface area (Å²) in [6.07, 6.45) is 2.71. The number of cyclic esters (lactones) is 1. The molecule has 1 aromatic carbocycles. The quantitative estimate of drug-likeness (QED) is 0.783. The average Bonchev–Trinajstić information content (AvgIpc) is 2.87. The third kappa shape index (κ3) is 3.69. The standard InChI is InChI=1S/C17H14N2O6/c20-13-7-9-19(17(23)18-13)8-6-12-15(14(21)16(22)25-12)24-10-11-4-2-1-3-5-11/h1-7,9,21H,8,10H2,(H,18,20,23)/b12-6+. The monoisotopic (exact) mass is 342 g/mol. The second-order valence-corrected chi connectivity index (χ2v) is 5.17. The Balaban J connectivity index is 1.78. The van der Waals surface area contributed by atoms with E-state index in [1.54, 1.807) is 0 Å². The smallest absolute Gasteiger partial charge is 0.383 e. The summed E-state index contributed by atoms with van der Waals surface area (Å²) < 4.78 is 11.6. The van der Waals surface area contributed by atoms with Gasteiger partial charge in [0.15, 0.2) is 5.76 Å². The molecule has 128 valence electrons. The summed E-state index contributed by atoms with van der Waals surface area (Å²) >= 11 is 0. The van der Waals surface area contributed by atoms with Crippen molar-refractivity contribution in [2.75, 3.05) is 0 Å². The molecule has 0 unspecified atom stereocenters. The van der Waals surface area contributed by atoms with Crippen molar-refractivity contribution in [2.45, 2.75) is 13.2 Å². The molecule has 0 saturated carbocycles. The summed E-state index contributed by atoms with van der Waals surface area (Å²) in [5, 5.41) is 9.82. The van der Waals surface area contributed by atoms with Gasteiger partial charge in [0.1, 0.15) is 6.61 Å². The number of aromatic nitrogens is 2. The summed E-state index contributed by atoms with van der Waals surface area (Å²) in [4.78, 5) is 36.4. The predicted octanol–water partition coefficient (Wildman–Crippen LogP) is 0.964. The van der Waals surface area contributed by atoms with Gasteiger partial charge >= 0.3 is 11.7 Å². The number of nitrogens with one attached hydrogen (secondary N) is 1. The number of allylic oxidation sites excluding steroid dienone is 1. The third-order valence-corrected chi connectivity index (χ3v) is 3.43. The number of rotatable bonds is 5. The lowest BCUT2D eigenvalue weighted by Crippen LogP contribution is -2.28. The normalized spacial score (nSPS) is 15.5. The molecule has 0 amide bonds. The first-order valence-electron chi connectivity index (χ1n) is 7.37. The summed E-state index contributed by atoms with van der Waals surface area (Å²) in [5.74, 6) is -1.64. The van der Waals surface area contributed by atoms with Crippen LogP contribution in [-0.4, -0.2) is 20.6 Å². The zero-order chi connectivity index (χ0) is 17.8. The third-order valence-electron chi connectivity index (χ3n) is 3.43. The zero-order valence-corrected chi connectivity index (χ0v) is 13.0. The highest BCUT2D eigenvalue weighted by molar-refractivity contribution is 5.91. The van der Waals surface area contributed by atoms with Crippen LogP contribution < -0.4 is 11.2 Å². The van der Waals surface area contributed by atoms with Crippen molar-refractivity contribution in [3.63, 3.8) is 0 Å². The molecule has 0 fully saturated rings. The van der Waals surface area contributed by atoms with Crippen LogP contribution >= 0.6 is 0 Å². The lowest BCUT2D eigenvalue weighted by molar-refractivity contribution is -0.135. The number of benzene rings is 1. The minimum Gasteiger partial charge on any atom is -0.499 e. The van der Waals surface area contributed by atoms with E-state index in [4.69, 9.17) is 9.47 Å². The Morgan fingerprint density at radius 2 is 1.92 bits per heavy atom. The molecule has 2 N–H and O–H groups in total. The zero-order valence-electron chi connectivity index (χ0n) is 13.0. The molecular weight excluding hydrogens is 328 g/mol. The maximum absolute atomic E-state index is 11.6. The largest absolute Gasteiger partial charge is 0.499 e. The first-order valence-corrected chi connectivity index (χ1v) is 7.37. The van der Waals surface area contributed by atoms with Gasteiger partial charge in [0, 0.05) is 18.8 Å². The van der Waals surface area contributed by atoms with Gasteiger partial charge in [-0.3, -0.25) is 14.3 Å². The fraction of sp³-hybridized carbons (Fsp3) is 0.118. The van der Waals surface area contributed by atoms with Crippen molar-refractivity contribution < 1.29 is 19.4 Å². The van der Waals surface area contributed by atoms with Gasteiger partial charge in [0.2, 0.25) is 11.5 Å². The predicted molar refractivity (Wildman–Crippen MR) is 86.4 cm³/mol. The van der Waals surface area contributed by atoms with Crippen LogP contribution in [-0.2, 0) is 27.4 Å². The maximum atomic E-state index is 11.6. The van der Waals surface area contributed by atoms with E-state index < -0.39 is 23.0 Å². The van der Waals surface area contributed by atoms with Gasteiger partial charge in [-0.1, -0.05) is 30.3 Å². The number of carbonyl (C=O) groups is 1. The number of aromatic amines is 1. The van der Waals surface area contributed by atoms with Gasteiger partial charge in [-0.05, 0) is 11.6 Å². The molecule has 25 heavy (non-hydrogen) atoms. The highest BCUT2D eigenvalue weighted by Crippen LogP contribution is 2.26. The van der Waals surface area contributed by atoms with Crippen LogP contribution in [0.1, 0.15) is 5.56 Å². The van der Waals surface area contributed by atoms with E-state index in [1.807, 2.05) is 30.3 Å². The number of aliphatic hydroxyl groups is 1. The fourth-order valence-corrected chi connectivity index (χ4v) is 2.18. The summed E-state index contributed by atoms with van der Waals surface area (Å²) in [6.45, 7) is 0.149. The molecule has 2 aromatic rings. The van der Waals surface area contributed by atoms with Gasteiger partial charge in [-0.15, -0.1) is 0 Å². The van der Waals surface area contributed by atoms with Gasteiger partial charge in [0.05, 0.1) is 0 Å². The van der Waals surface area contributed by atoms with Crippen molar-refractivity contribution >= 4 is 5.97 Å². The summed E-state index contributed by atoms with van der Waals surface area (Å²) in [6, 6.07) is 10.4. The molecule has 8 heteroatoms. The van der Waals surface area contributed by atoms with Crippen molar-refractivity contribution in [3.05, 3.63) is 92.4 Å². The first-order chi connectivity index (χ1) is 12.0. The Morgan fingerprint density at radius 1 is 1.16 bits per heavy atom. The van der Waals surface area contributed by atoms with E-state index in [9.17, 15) is 19.5 Å². The molecule has 0 aliphatic carbocycles. The molecule has 0 spiro atoms. The van der Waals surface area contributed by atoms with Crippen molar-refractivity contribution in [2.24, 2.45) is 0 Å². The van der Waals surface area contributed by atoms with Crippen molar-refractivity contribution in [3.8, 4) is 0 Å². The van der Waals surface area contributed by atoms with E-state index >= 15 is 0 Å². The van der Waals surface area contributed by atoms with Crippen LogP contribution in [0.25, 0.3) is 0 Å². The minimum atomic E-state index is -0.928. The van der Waals surface area contributed by atoms with Crippen molar-refractivity contribution in [1.29, 1.82) is 0 Å². The Bertz CT molecular complexity index is 968. The molecule has 8 nitrogen and oxygen atoms in total. The second kappa shape index (κ2) is 6.91. The van der Waals surface area contributed by atoms with E-state index in [-0.39, 0.29) is 24.7 Å². The highest BCUT2D eigenvalue weighted by atomic mass is 16.6. The Hall–Kier alpha value is -3.55. The van der Waals surface area contributed by atoms with Gasteiger partial charge < -0.3 is 14.6 Å². The number of hydrogen-bond acceptors (Lipinski definition) is 6. The molecule has 2 heterocycles.